The highest BCUT2D eigenvalue weighted by Crippen LogP contribution is 2.37. The monoisotopic (exact) mass is 1100 g/mol. The standard InChI is InChI=1S/C64H56O17/c1-2-38-71-53-51(77-59(67)45-30-16-6-17-31-45)49(40-72-57(65)43-26-12-4-13-27-43)76-64(55(53)79-61(69)47-34-20-8-21-35-47)81-54-52(78-60(68)46-32-18-7-19-33-46)50(41-73-58(66)44-28-14-5-15-29-44)75-63(74-39-42-24-10-3-11-25-42)56(54)80-62(70)48-36-22-9-23-37-48/h2-37,49-56,63-64H,1,38-41H2/t49-,50-,51-,52-,53+,54+,55+,56+,63+,64-/m1/s1. The van der Waals surface area contributed by atoms with E-state index in [9.17, 15) is 28.8 Å². The summed E-state index contributed by atoms with van der Waals surface area (Å²) in [5, 5.41) is 0. The smallest absolute Gasteiger partial charge is 0.338 e. The molecule has 2 aliphatic heterocycles. The summed E-state index contributed by atoms with van der Waals surface area (Å²) in [6.07, 6.45) is -15.1. The molecule has 17 heteroatoms. The molecule has 2 aliphatic rings. The first-order valence-electron chi connectivity index (χ1n) is 26.0. The summed E-state index contributed by atoms with van der Waals surface area (Å²) in [4.78, 5) is 85.1. The second-order valence-corrected chi connectivity index (χ2v) is 18.4. The maximum atomic E-state index is 14.5. The van der Waals surface area contributed by atoms with Gasteiger partial charge in [0.05, 0.1) is 46.6 Å². The van der Waals surface area contributed by atoms with Crippen LogP contribution in [0.3, 0.4) is 0 Å². The van der Waals surface area contributed by atoms with Crippen molar-refractivity contribution in [3.8, 4) is 0 Å². The molecule has 0 spiro atoms. The van der Waals surface area contributed by atoms with Crippen molar-refractivity contribution < 1.29 is 80.9 Å². The summed E-state index contributed by atoms with van der Waals surface area (Å²) in [6, 6.07) is 57.2. The van der Waals surface area contributed by atoms with E-state index in [0.717, 1.165) is 0 Å². The third-order valence-electron chi connectivity index (χ3n) is 12.9. The fourth-order valence-electron chi connectivity index (χ4n) is 8.93. The van der Waals surface area contributed by atoms with Gasteiger partial charge in [0.2, 0.25) is 0 Å². The Bertz CT molecular complexity index is 3170. The van der Waals surface area contributed by atoms with Crippen LogP contribution >= 0.6 is 0 Å². The highest BCUT2D eigenvalue weighted by molar-refractivity contribution is 5.92. The molecule has 2 saturated heterocycles. The van der Waals surface area contributed by atoms with Gasteiger partial charge in [-0.2, -0.15) is 0 Å². The molecule has 0 N–H and O–H groups in total. The van der Waals surface area contributed by atoms with E-state index < -0.39 is 110 Å². The van der Waals surface area contributed by atoms with Gasteiger partial charge in [-0.3, -0.25) is 0 Å². The SMILES string of the molecule is C=CCO[C@@H]1[C@H](OC(=O)c2ccccc2)[C@@H](O[C@@H]2[C@H](OC(=O)c3ccccc3)[C@@H](OCc3ccccc3)O[C@H](COC(=O)c3ccccc3)[C@H]2OC(=O)c2ccccc2)O[C@H](COC(=O)c2ccccc2)[C@H]1OC(=O)c1ccccc1. The van der Waals surface area contributed by atoms with E-state index in [1.165, 1.54) is 54.6 Å². The van der Waals surface area contributed by atoms with Crippen LogP contribution in [0.5, 0.6) is 0 Å². The summed E-state index contributed by atoms with van der Waals surface area (Å²) in [5.74, 6) is -5.10. The average molecular weight is 1100 g/mol. The Hall–Kier alpha value is -9.10. The minimum absolute atomic E-state index is 0.0838. The van der Waals surface area contributed by atoms with E-state index in [2.05, 4.69) is 6.58 Å². The topological polar surface area (TPSA) is 204 Å². The maximum Gasteiger partial charge on any atom is 0.338 e. The Labute approximate surface area is 466 Å². The number of carbonyl (C=O) groups excluding carboxylic acids is 6. The first kappa shape index (κ1) is 56.6. The van der Waals surface area contributed by atoms with Gasteiger partial charge in [-0.1, -0.05) is 146 Å². The van der Waals surface area contributed by atoms with Gasteiger partial charge in [-0.25, -0.2) is 28.8 Å². The minimum atomic E-state index is -1.90. The molecule has 0 unspecified atom stereocenters. The van der Waals surface area contributed by atoms with Crippen LogP contribution in [0.1, 0.15) is 67.7 Å². The molecular formula is C64H56O17. The molecule has 17 nitrogen and oxygen atoms in total. The molecule has 81 heavy (non-hydrogen) atoms. The van der Waals surface area contributed by atoms with Crippen LogP contribution in [0.15, 0.2) is 225 Å². The van der Waals surface area contributed by atoms with Crippen molar-refractivity contribution >= 4 is 35.8 Å². The van der Waals surface area contributed by atoms with E-state index in [1.807, 2.05) is 6.07 Å². The summed E-state index contributed by atoms with van der Waals surface area (Å²) >= 11 is 0. The average Bonchev–Trinajstić information content (AvgIpc) is 3.52. The summed E-state index contributed by atoms with van der Waals surface area (Å²) < 4.78 is 70.7. The first-order chi connectivity index (χ1) is 39.6. The normalized spacial score (nSPS) is 22.2. The fraction of sp³-hybridized carbons (Fsp3) is 0.219. The molecule has 0 radical (unpaired) electrons. The molecule has 9 rings (SSSR count). The maximum absolute atomic E-state index is 14.5. The zero-order valence-electron chi connectivity index (χ0n) is 43.5. The molecule has 414 valence electrons. The van der Waals surface area contributed by atoms with E-state index in [1.54, 1.807) is 158 Å². The van der Waals surface area contributed by atoms with Gasteiger partial charge in [0.1, 0.15) is 37.6 Å². The van der Waals surface area contributed by atoms with Crippen molar-refractivity contribution in [1.29, 1.82) is 0 Å². The van der Waals surface area contributed by atoms with Gasteiger partial charge in [-0.15, -0.1) is 6.58 Å². The predicted octanol–water partition coefficient (Wildman–Crippen LogP) is 9.23. The second kappa shape index (κ2) is 28.2. The summed E-state index contributed by atoms with van der Waals surface area (Å²) in [5.41, 5.74) is 1.44. The van der Waals surface area contributed by atoms with Gasteiger partial charge in [0, 0.05) is 0 Å². The number of ether oxygens (including phenoxy) is 11. The highest BCUT2D eigenvalue weighted by atomic mass is 16.8. The van der Waals surface area contributed by atoms with Gasteiger partial charge >= 0.3 is 35.8 Å². The Kier molecular flexibility index (Phi) is 19.7. The first-order valence-corrected chi connectivity index (χ1v) is 26.0. The Morgan fingerprint density at radius 1 is 0.358 bits per heavy atom. The lowest BCUT2D eigenvalue weighted by Crippen LogP contribution is -2.67. The zero-order valence-corrected chi connectivity index (χ0v) is 43.5. The minimum Gasteiger partial charge on any atom is -0.459 e. The van der Waals surface area contributed by atoms with Crippen molar-refractivity contribution in [2.45, 2.75) is 68.0 Å². The van der Waals surface area contributed by atoms with Crippen molar-refractivity contribution in [2.75, 3.05) is 19.8 Å². The Morgan fingerprint density at radius 3 is 1.04 bits per heavy atom. The lowest BCUT2D eigenvalue weighted by atomic mass is 9.95. The lowest BCUT2D eigenvalue weighted by Gasteiger charge is -2.49. The van der Waals surface area contributed by atoms with Crippen LogP contribution in [0, 0.1) is 0 Å². The van der Waals surface area contributed by atoms with Gasteiger partial charge in [0.25, 0.3) is 0 Å². The molecule has 2 heterocycles. The zero-order chi connectivity index (χ0) is 56.3. The van der Waals surface area contributed by atoms with Crippen LogP contribution in [-0.2, 0) is 58.7 Å². The van der Waals surface area contributed by atoms with Crippen molar-refractivity contribution in [3.63, 3.8) is 0 Å². The number of benzene rings is 7. The third-order valence-corrected chi connectivity index (χ3v) is 12.9. The lowest BCUT2D eigenvalue weighted by molar-refractivity contribution is -0.360. The van der Waals surface area contributed by atoms with Crippen LogP contribution in [0.2, 0.25) is 0 Å². The van der Waals surface area contributed by atoms with E-state index in [-0.39, 0.29) is 46.6 Å². The number of rotatable bonds is 22. The fourth-order valence-corrected chi connectivity index (χ4v) is 8.93. The van der Waals surface area contributed by atoms with E-state index in [0.29, 0.717) is 5.56 Å². The van der Waals surface area contributed by atoms with Crippen LogP contribution in [0.25, 0.3) is 0 Å². The third kappa shape index (κ3) is 15.0. The van der Waals surface area contributed by atoms with Crippen molar-refractivity contribution in [2.24, 2.45) is 0 Å². The van der Waals surface area contributed by atoms with Gasteiger partial charge in [0.15, 0.2) is 37.0 Å². The molecule has 7 aromatic rings. The number of carbonyl (C=O) groups is 6. The highest BCUT2D eigenvalue weighted by Gasteiger charge is 2.58. The molecule has 0 aromatic heterocycles. The Balaban J connectivity index is 1.19. The number of hydrogen-bond acceptors (Lipinski definition) is 17. The summed E-state index contributed by atoms with van der Waals surface area (Å²) in [6.45, 7) is 2.23. The molecule has 0 saturated carbocycles. The largest absolute Gasteiger partial charge is 0.459 e. The predicted molar refractivity (Wildman–Crippen MR) is 289 cm³/mol. The summed E-state index contributed by atoms with van der Waals surface area (Å²) in [7, 11) is 0. The van der Waals surface area contributed by atoms with Gasteiger partial charge < -0.3 is 52.1 Å². The number of hydrogen-bond donors (Lipinski definition) is 0. The van der Waals surface area contributed by atoms with Gasteiger partial charge in [-0.05, 0) is 78.4 Å². The molecule has 0 bridgehead atoms. The van der Waals surface area contributed by atoms with Crippen molar-refractivity contribution in [3.05, 3.63) is 264 Å². The second-order valence-electron chi connectivity index (χ2n) is 18.4. The Morgan fingerprint density at radius 2 is 0.667 bits per heavy atom. The molecule has 0 aliphatic carbocycles. The van der Waals surface area contributed by atoms with E-state index >= 15 is 0 Å². The molecule has 0 amide bonds. The molecular weight excluding hydrogens is 1040 g/mol. The van der Waals surface area contributed by atoms with E-state index in [4.69, 9.17) is 52.1 Å². The van der Waals surface area contributed by atoms with Crippen molar-refractivity contribution in [1.82, 2.24) is 0 Å². The number of esters is 6. The molecule has 7 aromatic carbocycles. The molecule has 2 fully saturated rings. The quantitative estimate of drug-likeness (QED) is 0.0352. The van der Waals surface area contributed by atoms with Crippen LogP contribution in [0.4, 0.5) is 0 Å². The van der Waals surface area contributed by atoms with Crippen LogP contribution in [-0.4, -0.2) is 117 Å². The van der Waals surface area contributed by atoms with Crippen LogP contribution < -0.4 is 0 Å². The molecule has 10 atom stereocenters.